The van der Waals surface area contributed by atoms with E-state index in [4.69, 9.17) is 10.7 Å². The summed E-state index contributed by atoms with van der Waals surface area (Å²) in [5.41, 5.74) is 8.22. The Morgan fingerprint density at radius 1 is 1.25 bits per heavy atom. The average molecular weight is 438 g/mol. The van der Waals surface area contributed by atoms with Gasteiger partial charge in [0.1, 0.15) is 11.7 Å². The Morgan fingerprint density at radius 2 is 2.03 bits per heavy atom. The number of fused-ring (bicyclic) bond motifs is 1. The average Bonchev–Trinajstić information content (AvgIpc) is 2.80. The van der Waals surface area contributed by atoms with Gasteiger partial charge in [-0.2, -0.15) is 4.99 Å². The van der Waals surface area contributed by atoms with Crippen molar-refractivity contribution in [1.29, 1.82) is 0 Å². The highest BCUT2D eigenvalue weighted by molar-refractivity contribution is 6.07. The maximum absolute atomic E-state index is 13.0. The molecule has 0 unspecified atom stereocenters. The molecule has 0 radical (unpaired) electrons. The summed E-state index contributed by atoms with van der Waals surface area (Å²) in [6.07, 6.45) is 7.02. The second-order valence-corrected chi connectivity index (χ2v) is 9.23. The smallest absolute Gasteiger partial charge is 0.282 e. The minimum Gasteiger partial charge on any atom is -0.390 e. The van der Waals surface area contributed by atoms with Crippen molar-refractivity contribution >= 4 is 28.5 Å². The fourth-order valence-electron chi connectivity index (χ4n) is 4.84. The van der Waals surface area contributed by atoms with Gasteiger partial charge in [0.2, 0.25) is 0 Å². The molecule has 1 saturated carbocycles. The van der Waals surface area contributed by atoms with Crippen molar-refractivity contribution in [2.24, 2.45) is 10.7 Å². The maximum Gasteiger partial charge on any atom is 0.282 e. The first-order valence-corrected chi connectivity index (χ1v) is 11.9. The number of benzene rings is 1. The number of carbonyl (C=O) groups is 1. The zero-order valence-electron chi connectivity index (χ0n) is 19.2. The van der Waals surface area contributed by atoms with Crippen LogP contribution in [-0.4, -0.2) is 53.1 Å². The summed E-state index contributed by atoms with van der Waals surface area (Å²) < 4.78 is 0. The van der Waals surface area contributed by atoms with Crippen LogP contribution in [0.15, 0.2) is 29.3 Å². The second-order valence-electron chi connectivity index (χ2n) is 9.23. The molecule has 2 heterocycles. The van der Waals surface area contributed by atoms with E-state index in [1.165, 1.54) is 32.1 Å². The van der Waals surface area contributed by atoms with Crippen LogP contribution >= 0.6 is 0 Å². The zero-order chi connectivity index (χ0) is 22.7. The van der Waals surface area contributed by atoms with Crippen LogP contribution in [0.25, 0.3) is 10.9 Å². The van der Waals surface area contributed by atoms with Crippen LogP contribution in [0.5, 0.6) is 0 Å². The predicted molar refractivity (Wildman–Crippen MR) is 129 cm³/mol. The molecule has 1 aliphatic carbocycles. The number of rotatable bonds is 5. The molecule has 2 aromatic rings. The Labute approximate surface area is 190 Å². The van der Waals surface area contributed by atoms with Crippen LogP contribution in [0.3, 0.4) is 0 Å². The number of anilines is 1. The normalized spacial score (nSPS) is 23.0. The number of nitrogens with one attached hydrogen (secondary N) is 1. The van der Waals surface area contributed by atoms with Crippen molar-refractivity contribution in [3.63, 3.8) is 0 Å². The number of aliphatic hydroxyl groups excluding tert-OH is 1. The van der Waals surface area contributed by atoms with Gasteiger partial charge in [-0.3, -0.25) is 4.79 Å². The molecule has 32 heavy (non-hydrogen) atoms. The van der Waals surface area contributed by atoms with Gasteiger partial charge in [-0.25, -0.2) is 4.98 Å². The van der Waals surface area contributed by atoms with Gasteiger partial charge in [0, 0.05) is 37.0 Å². The first-order chi connectivity index (χ1) is 15.4. The van der Waals surface area contributed by atoms with Gasteiger partial charge in [0.05, 0.1) is 17.2 Å². The van der Waals surface area contributed by atoms with E-state index in [9.17, 15) is 9.90 Å². The van der Waals surface area contributed by atoms with Crippen molar-refractivity contribution in [3.8, 4) is 0 Å². The number of nitrogens with zero attached hydrogens (tertiary/aromatic N) is 3. The van der Waals surface area contributed by atoms with E-state index in [0.717, 1.165) is 29.4 Å². The molecule has 0 spiro atoms. The molecule has 1 aromatic carbocycles. The third-order valence-electron chi connectivity index (χ3n) is 6.72. The van der Waals surface area contributed by atoms with E-state index in [1.807, 2.05) is 43.0 Å². The van der Waals surface area contributed by atoms with E-state index in [1.54, 1.807) is 0 Å². The Hall–Kier alpha value is -2.51. The fourth-order valence-corrected chi connectivity index (χ4v) is 4.84. The Bertz CT molecular complexity index is 999. The lowest BCUT2D eigenvalue weighted by atomic mass is 9.92. The number of aryl methyl sites for hydroxylation is 1. The van der Waals surface area contributed by atoms with Crippen LogP contribution in [0.4, 0.5) is 5.82 Å². The number of aliphatic imine (C=N–C) groups is 1. The van der Waals surface area contributed by atoms with Crippen molar-refractivity contribution < 1.29 is 9.90 Å². The monoisotopic (exact) mass is 437 g/mol. The summed E-state index contributed by atoms with van der Waals surface area (Å²) in [4.78, 5) is 23.9. The maximum atomic E-state index is 13.0. The van der Waals surface area contributed by atoms with Crippen molar-refractivity contribution in [1.82, 2.24) is 10.3 Å². The summed E-state index contributed by atoms with van der Waals surface area (Å²) in [6, 6.07) is 8.44. The largest absolute Gasteiger partial charge is 0.390 e. The minimum absolute atomic E-state index is 0.0744. The van der Waals surface area contributed by atoms with Gasteiger partial charge >= 0.3 is 0 Å². The lowest BCUT2D eigenvalue weighted by Gasteiger charge is -2.39. The molecule has 1 aliphatic heterocycles. The van der Waals surface area contributed by atoms with Gasteiger partial charge in [0.15, 0.2) is 0 Å². The number of amidine groups is 1. The summed E-state index contributed by atoms with van der Waals surface area (Å²) in [7, 11) is 0. The molecule has 1 saturated heterocycles. The summed E-state index contributed by atoms with van der Waals surface area (Å²) in [6.45, 7) is 5.04. The van der Waals surface area contributed by atoms with Crippen LogP contribution in [0, 0.1) is 6.92 Å². The van der Waals surface area contributed by atoms with Gasteiger partial charge in [-0.05, 0) is 44.4 Å². The van der Waals surface area contributed by atoms with Crippen molar-refractivity contribution in [2.45, 2.75) is 77.0 Å². The molecule has 2 aliphatic rings. The van der Waals surface area contributed by atoms with Crippen LogP contribution in [0.2, 0.25) is 0 Å². The molecule has 4 rings (SSSR count). The lowest BCUT2D eigenvalue weighted by Crippen LogP contribution is -2.55. The van der Waals surface area contributed by atoms with Gasteiger partial charge in [-0.15, -0.1) is 0 Å². The second kappa shape index (κ2) is 9.96. The van der Waals surface area contributed by atoms with E-state index in [-0.39, 0.29) is 11.9 Å². The Balaban J connectivity index is 1.60. The number of hydrogen-bond donors (Lipinski definition) is 3. The number of nitrogens with two attached hydrogens (primary N) is 1. The molecule has 7 nitrogen and oxygen atoms in total. The topological polar surface area (TPSA) is 104 Å². The van der Waals surface area contributed by atoms with Crippen LogP contribution < -0.4 is 16.0 Å². The molecular weight excluding hydrogens is 402 g/mol. The van der Waals surface area contributed by atoms with E-state index in [2.05, 4.69) is 10.3 Å². The van der Waals surface area contributed by atoms with Crippen LogP contribution in [-0.2, 0) is 0 Å². The third kappa shape index (κ3) is 5.10. The van der Waals surface area contributed by atoms with Crippen LogP contribution in [0.1, 0.15) is 67.8 Å². The number of aromatic nitrogens is 1. The molecule has 2 atom stereocenters. The Morgan fingerprint density at radius 3 is 2.75 bits per heavy atom. The molecule has 7 heteroatoms. The minimum atomic E-state index is -0.520. The van der Waals surface area contributed by atoms with Gasteiger partial charge in [-0.1, -0.05) is 37.8 Å². The van der Waals surface area contributed by atoms with E-state index < -0.39 is 6.10 Å². The molecule has 172 valence electrons. The number of carbonyl (C=O) groups excluding carboxylic acids is 1. The van der Waals surface area contributed by atoms with Crippen molar-refractivity contribution in [3.05, 3.63) is 35.4 Å². The number of hydrogen-bond acceptors (Lipinski definition) is 5. The first kappa shape index (κ1) is 22.7. The summed E-state index contributed by atoms with van der Waals surface area (Å²) >= 11 is 0. The molecule has 1 amide bonds. The van der Waals surface area contributed by atoms with E-state index in [0.29, 0.717) is 36.2 Å². The van der Waals surface area contributed by atoms with Crippen molar-refractivity contribution in [2.75, 3.05) is 18.0 Å². The number of pyridine rings is 1. The number of amides is 1. The SMILES string of the molecule is CCC(N)=NC(=O)c1cc2cc(C)ccc2nc1N1CC[C@@H](NC2CCCCC2)[C@H](O)C1. The standard InChI is InChI=1S/C25H35N5O2/c1-3-23(26)29-25(32)19-14-17-13-16(2)9-10-20(17)28-24(19)30-12-11-21(22(31)15-30)27-18-7-5-4-6-8-18/h9-10,13-14,18,21-22,27,31H,3-8,11-12,15H2,1-2H3,(H2,26,29,32)/t21-,22-/m1/s1. The quantitative estimate of drug-likeness (QED) is 0.490. The van der Waals surface area contributed by atoms with E-state index >= 15 is 0 Å². The molecule has 2 fully saturated rings. The lowest BCUT2D eigenvalue weighted by molar-refractivity contribution is 0.0989. The fraction of sp³-hybridized carbons (Fsp3) is 0.560. The predicted octanol–water partition coefficient (Wildman–Crippen LogP) is 3.31. The highest BCUT2D eigenvalue weighted by Crippen LogP contribution is 2.28. The Kier molecular flexibility index (Phi) is 7.06. The summed E-state index contributed by atoms with van der Waals surface area (Å²) in [5.74, 6) is 0.502. The molecule has 0 bridgehead atoms. The number of aliphatic hydroxyl groups is 1. The third-order valence-corrected chi connectivity index (χ3v) is 6.72. The highest BCUT2D eigenvalue weighted by atomic mass is 16.3. The van der Waals surface area contributed by atoms with Gasteiger partial charge in [0.25, 0.3) is 5.91 Å². The number of β-amino-alcohol motifs (C(OH)–C–C–N with tert-alkyl or cyclic N) is 1. The first-order valence-electron chi connectivity index (χ1n) is 11.9. The van der Waals surface area contributed by atoms with Gasteiger partial charge < -0.3 is 21.1 Å². The molecular formula is C25H35N5O2. The number of piperidine rings is 1. The molecule has 1 aromatic heterocycles. The summed E-state index contributed by atoms with van der Waals surface area (Å²) in [5, 5.41) is 15.5. The molecule has 4 N–H and O–H groups in total. The highest BCUT2D eigenvalue weighted by Gasteiger charge is 2.32. The zero-order valence-corrected chi connectivity index (χ0v) is 19.2.